The first-order valence-electron chi connectivity index (χ1n) is 5.28. The van der Waals surface area contributed by atoms with Gasteiger partial charge in [-0.05, 0) is 30.0 Å². The van der Waals surface area contributed by atoms with Gasteiger partial charge in [0.2, 0.25) is 0 Å². The Morgan fingerprint density at radius 2 is 1.57 bits per heavy atom. The molecule has 0 aliphatic carbocycles. The van der Waals surface area contributed by atoms with Gasteiger partial charge in [-0.1, -0.05) is 44.3 Å². The van der Waals surface area contributed by atoms with Crippen molar-refractivity contribution in [1.29, 1.82) is 0 Å². The maximum atomic E-state index is 6.28. The van der Waals surface area contributed by atoms with E-state index in [1.54, 1.807) is 0 Å². The third kappa shape index (κ3) is 4.29. The summed E-state index contributed by atoms with van der Waals surface area (Å²) in [6, 6.07) is 10.1. The average molecular weight is 227 g/mol. The van der Waals surface area contributed by atoms with Crippen LogP contribution in [-0.4, -0.2) is 7.38 Å². The second-order valence-electron chi connectivity index (χ2n) is 4.39. The van der Waals surface area contributed by atoms with Crippen molar-refractivity contribution in [3.05, 3.63) is 35.4 Å². The predicted molar refractivity (Wildman–Crippen MR) is 67.7 cm³/mol. The molecule has 0 N–H and O–H groups in total. The smallest absolute Gasteiger partial charge is 0.150 e. The van der Waals surface area contributed by atoms with E-state index >= 15 is 0 Å². The highest BCUT2D eigenvalue weighted by atomic mass is 35.6. The summed E-state index contributed by atoms with van der Waals surface area (Å²) in [5.74, 6) is 0. The Hall–Kier alpha value is -0.273. The minimum atomic E-state index is -1.39. The molecule has 1 aromatic carbocycles. The van der Waals surface area contributed by atoms with E-state index < -0.39 is 7.38 Å². The largest absolute Gasteiger partial charge is 0.168 e. The second kappa shape index (κ2) is 4.99. The van der Waals surface area contributed by atoms with Crippen LogP contribution in [-0.2, 0) is 12.8 Å². The van der Waals surface area contributed by atoms with Gasteiger partial charge in [-0.25, -0.2) is 0 Å². The Morgan fingerprint density at radius 3 is 2.00 bits per heavy atom. The van der Waals surface area contributed by atoms with Crippen molar-refractivity contribution in [2.75, 3.05) is 0 Å². The summed E-state index contributed by atoms with van der Waals surface area (Å²) in [5, 5.41) is 0. The molecule has 1 aromatic rings. The van der Waals surface area contributed by atoms with Gasteiger partial charge < -0.3 is 0 Å². The fourth-order valence-electron chi connectivity index (χ4n) is 1.38. The van der Waals surface area contributed by atoms with Gasteiger partial charge in [0, 0.05) is 0 Å². The summed E-state index contributed by atoms with van der Waals surface area (Å²) in [5.41, 5.74) is 2.83. The second-order valence-corrected chi connectivity index (χ2v) is 11.4. The van der Waals surface area contributed by atoms with Crippen molar-refractivity contribution < 1.29 is 0 Å². The highest BCUT2D eigenvalue weighted by molar-refractivity contribution is 7.19. The average Bonchev–Trinajstić information content (AvgIpc) is 2.14. The zero-order chi connectivity index (χ0) is 10.6. The maximum absolute atomic E-state index is 6.28. The summed E-state index contributed by atoms with van der Waals surface area (Å²) >= 11 is 6.28. The molecule has 0 nitrogen and oxygen atoms in total. The van der Waals surface area contributed by atoms with E-state index in [1.165, 1.54) is 17.2 Å². The number of rotatable bonds is 4. The van der Waals surface area contributed by atoms with Gasteiger partial charge in [0.05, 0.1) is 0 Å². The zero-order valence-electron chi connectivity index (χ0n) is 9.31. The summed E-state index contributed by atoms with van der Waals surface area (Å²) in [6.45, 7) is 6.59. The normalized spacial score (nSPS) is 11.7. The van der Waals surface area contributed by atoms with Crippen LogP contribution in [0.25, 0.3) is 0 Å². The van der Waals surface area contributed by atoms with Crippen LogP contribution in [0.15, 0.2) is 24.3 Å². The fraction of sp³-hybridized carbons (Fsp3) is 0.500. The maximum Gasteiger partial charge on any atom is 0.150 e. The summed E-state index contributed by atoms with van der Waals surface area (Å²) in [7, 11) is -1.39. The first-order valence-corrected chi connectivity index (χ1v) is 9.50. The van der Waals surface area contributed by atoms with Crippen molar-refractivity contribution >= 4 is 18.5 Å². The minimum absolute atomic E-state index is 1.12. The SMILES string of the molecule is CCc1ccc(CC[Si](C)(C)Cl)cc1. The molecule has 1 rings (SSSR count). The van der Waals surface area contributed by atoms with E-state index in [0.717, 1.165) is 12.8 Å². The number of halogens is 1. The standard InChI is InChI=1S/C12H19ClSi/c1-4-11-5-7-12(8-6-11)9-10-14(2,3)13/h5-8H,4,9-10H2,1-3H3. The Kier molecular flexibility index (Phi) is 4.21. The Bertz CT molecular complexity index is 271. The van der Waals surface area contributed by atoms with Crippen molar-refractivity contribution in [1.82, 2.24) is 0 Å². The molecule has 2 heteroatoms. The molecular weight excluding hydrogens is 208 g/mol. The van der Waals surface area contributed by atoms with Crippen LogP contribution in [0.4, 0.5) is 0 Å². The highest BCUT2D eigenvalue weighted by Crippen LogP contribution is 2.18. The van der Waals surface area contributed by atoms with Crippen LogP contribution in [0.3, 0.4) is 0 Å². The van der Waals surface area contributed by atoms with Gasteiger partial charge in [-0.2, -0.15) is 11.1 Å². The molecule has 0 radical (unpaired) electrons. The third-order valence-corrected chi connectivity index (χ3v) is 4.45. The molecule has 0 aromatic heterocycles. The number of hydrogen-bond donors (Lipinski definition) is 0. The molecule has 14 heavy (non-hydrogen) atoms. The van der Waals surface area contributed by atoms with Gasteiger partial charge >= 0.3 is 0 Å². The van der Waals surface area contributed by atoms with Crippen LogP contribution in [0.1, 0.15) is 18.1 Å². The predicted octanol–water partition coefficient (Wildman–Crippen LogP) is 4.24. The lowest BCUT2D eigenvalue weighted by Crippen LogP contribution is -2.16. The molecule has 0 aliphatic rings. The molecular formula is C12H19ClSi. The molecule has 0 unspecified atom stereocenters. The highest BCUT2D eigenvalue weighted by Gasteiger charge is 2.15. The van der Waals surface area contributed by atoms with Crippen molar-refractivity contribution in [3.8, 4) is 0 Å². The summed E-state index contributed by atoms with van der Waals surface area (Å²) < 4.78 is 0. The van der Waals surface area contributed by atoms with E-state index in [0.29, 0.717) is 0 Å². The number of hydrogen-bond acceptors (Lipinski definition) is 0. The number of benzene rings is 1. The van der Waals surface area contributed by atoms with Crippen molar-refractivity contribution in [3.63, 3.8) is 0 Å². The van der Waals surface area contributed by atoms with Crippen LogP contribution in [0, 0.1) is 0 Å². The van der Waals surface area contributed by atoms with Crippen LogP contribution in [0.2, 0.25) is 19.1 Å². The quantitative estimate of drug-likeness (QED) is 0.532. The van der Waals surface area contributed by atoms with Gasteiger partial charge in [-0.15, -0.1) is 0 Å². The third-order valence-electron chi connectivity index (χ3n) is 2.44. The first kappa shape index (κ1) is 11.8. The Balaban J connectivity index is 2.52. The monoisotopic (exact) mass is 226 g/mol. The lowest BCUT2D eigenvalue weighted by Gasteiger charge is -2.12. The van der Waals surface area contributed by atoms with E-state index in [1.807, 2.05) is 0 Å². The molecule has 0 saturated heterocycles. The summed E-state index contributed by atoms with van der Waals surface area (Å²) in [6.07, 6.45) is 2.25. The van der Waals surface area contributed by atoms with Crippen LogP contribution in [0.5, 0.6) is 0 Å². The molecule has 0 atom stereocenters. The van der Waals surface area contributed by atoms with Crippen molar-refractivity contribution in [2.24, 2.45) is 0 Å². The zero-order valence-corrected chi connectivity index (χ0v) is 11.1. The van der Waals surface area contributed by atoms with E-state index in [4.69, 9.17) is 11.1 Å². The van der Waals surface area contributed by atoms with Gasteiger partial charge in [0.15, 0.2) is 7.38 Å². The van der Waals surface area contributed by atoms with E-state index in [2.05, 4.69) is 44.3 Å². The topological polar surface area (TPSA) is 0 Å². The molecule has 0 heterocycles. The van der Waals surface area contributed by atoms with Gasteiger partial charge in [0.1, 0.15) is 0 Å². The van der Waals surface area contributed by atoms with Gasteiger partial charge in [0.25, 0.3) is 0 Å². The molecule has 0 amide bonds. The molecule has 0 saturated carbocycles. The molecule has 0 aliphatic heterocycles. The van der Waals surface area contributed by atoms with Crippen LogP contribution >= 0.6 is 11.1 Å². The molecule has 0 spiro atoms. The van der Waals surface area contributed by atoms with E-state index in [-0.39, 0.29) is 0 Å². The van der Waals surface area contributed by atoms with Gasteiger partial charge in [-0.3, -0.25) is 0 Å². The molecule has 78 valence electrons. The number of aryl methyl sites for hydroxylation is 2. The van der Waals surface area contributed by atoms with E-state index in [9.17, 15) is 0 Å². The lowest BCUT2D eigenvalue weighted by molar-refractivity contribution is 1.08. The van der Waals surface area contributed by atoms with Crippen molar-refractivity contribution in [2.45, 2.75) is 38.9 Å². The summed E-state index contributed by atoms with van der Waals surface area (Å²) in [4.78, 5) is 0. The first-order chi connectivity index (χ1) is 6.51. The molecule has 0 fully saturated rings. The minimum Gasteiger partial charge on any atom is -0.168 e. The van der Waals surface area contributed by atoms with Crippen LogP contribution < -0.4 is 0 Å². The lowest BCUT2D eigenvalue weighted by atomic mass is 10.1. The fourth-order valence-corrected chi connectivity index (χ4v) is 2.55. The Labute approximate surface area is 93.0 Å². The Morgan fingerprint density at radius 1 is 1.07 bits per heavy atom. The molecule has 0 bridgehead atoms.